The Kier molecular flexibility index (Phi) is 2.49. The van der Waals surface area contributed by atoms with Crippen molar-refractivity contribution in [3.63, 3.8) is 0 Å². The van der Waals surface area contributed by atoms with Crippen molar-refractivity contribution < 1.29 is 18.3 Å². The number of hydrogen-bond donors (Lipinski definition) is 1. The van der Waals surface area contributed by atoms with Gasteiger partial charge in [-0.1, -0.05) is 0 Å². The molecule has 8 heteroatoms. The summed E-state index contributed by atoms with van der Waals surface area (Å²) in [5.41, 5.74) is 0.219. The van der Waals surface area contributed by atoms with Crippen molar-refractivity contribution >= 4 is 0 Å². The fourth-order valence-electron chi connectivity index (χ4n) is 1.30. The highest BCUT2D eigenvalue weighted by atomic mass is 19.4. The third-order valence-electron chi connectivity index (χ3n) is 2.00. The van der Waals surface area contributed by atoms with Gasteiger partial charge >= 0.3 is 6.18 Å². The molecule has 0 saturated heterocycles. The van der Waals surface area contributed by atoms with Crippen LogP contribution < -0.4 is 0 Å². The second kappa shape index (κ2) is 3.72. The van der Waals surface area contributed by atoms with E-state index >= 15 is 0 Å². The molecular formula is C9H7F3N4O. The van der Waals surface area contributed by atoms with Crippen LogP contribution in [0.15, 0.2) is 18.5 Å². The van der Waals surface area contributed by atoms with Crippen LogP contribution in [0.4, 0.5) is 13.2 Å². The molecule has 0 aliphatic heterocycles. The fourth-order valence-corrected chi connectivity index (χ4v) is 1.30. The minimum absolute atomic E-state index is 0.136. The first-order valence-electron chi connectivity index (χ1n) is 4.50. The minimum Gasteiger partial charge on any atom is -0.506 e. The second-order valence-corrected chi connectivity index (χ2v) is 3.31. The van der Waals surface area contributed by atoms with Crippen molar-refractivity contribution in [3.8, 4) is 17.1 Å². The summed E-state index contributed by atoms with van der Waals surface area (Å²) >= 11 is 0. The number of rotatable bonds is 1. The topological polar surface area (TPSA) is 63.8 Å². The molecule has 1 N–H and O–H groups in total. The lowest BCUT2D eigenvalue weighted by molar-refractivity contribution is -0.147. The van der Waals surface area contributed by atoms with Crippen LogP contribution in [0.5, 0.6) is 5.75 Å². The van der Waals surface area contributed by atoms with E-state index in [9.17, 15) is 13.2 Å². The van der Waals surface area contributed by atoms with Gasteiger partial charge < -0.3 is 5.11 Å². The number of halogens is 3. The molecule has 0 aliphatic rings. The lowest BCUT2D eigenvalue weighted by Crippen LogP contribution is -2.13. The Bertz CT molecular complexity index is 549. The van der Waals surface area contributed by atoms with Crippen molar-refractivity contribution in [1.29, 1.82) is 0 Å². The van der Waals surface area contributed by atoms with Crippen LogP contribution in [-0.2, 0) is 13.2 Å². The molecule has 0 atom stereocenters. The van der Waals surface area contributed by atoms with Crippen molar-refractivity contribution in [3.05, 3.63) is 24.3 Å². The first kappa shape index (κ1) is 11.4. The molecule has 90 valence electrons. The first-order chi connectivity index (χ1) is 7.88. The van der Waals surface area contributed by atoms with Gasteiger partial charge in [0.05, 0.1) is 6.20 Å². The van der Waals surface area contributed by atoms with E-state index in [1.54, 1.807) is 0 Å². The van der Waals surface area contributed by atoms with Gasteiger partial charge in [-0.15, -0.1) is 0 Å². The molecule has 0 bridgehead atoms. The quantitative estimate of drug-likeness (QED) is 0.827. The highest BCUT2D eigenvalue weighted by Gasteiger charge is 2.37. The molecular weight excluding hydrogens is 237 g/mol. The lowest BCUT2D eigenvalue weighted by atomic mass is 10.2. The zero-order valence-corrected chi connectivity index (χ0v) is 8.60. The molecule has 2 rings (SSSR count). The Hall–Kier alpha value is -2.12. The molecule has 0 aromatic carbocycles. The Morgan fingerprint density at radius 1 is 1.29 bits per heavy atom. The van der Waals surface area contributed by atoms with Crippen molar-refractivity contribution in [1.82, 2.24) is 19.7 Å². The number of pyridine rings is 1. The van der Waals surface area contributed by atoms with E-state index in [2.05, 4.69) is 15.1 Å². The van der Waals surface area contributed by atoms with Crippen molar-refractivity contribution in [2.45, 2.75) is 6.18 Å². The maximum Gasteiger partial charge on any atom is 0.451 e. The van der Waals surface area contributed by atoms with Crippen molar-refractivity contribution in [2.24, 2.45) is 7.05 Å². The van der Waals surface area contributed by atoms with Crippen LogP contribution in [0.1, 0.15) is 5.82 Å². The summed E-state index contributed by atoms with van der Waals surface area (Å²) in [5, 5.41) is 12.8. The van der Waals surface area contributed by atoms with Gasteiger partial charge in [0.25, 0.3) is 0 Å². The molecule has 0 fully saturated rings. The van der Waals surface area contributed by atoms with Crippen LogP contribution in [0.3, 0.4) is 0 Å². The van der Waals surface area contributed by atoms with Crippen LogP contribution in [0.2, 0.25) is 0 Å². The predicted octanol–water partition coefficient (Wildman–Crippen LogP) is 1.60. The number of alkyl halides is 3. The number of hydrogen-bond acceptors (Lipinski definition) is 4. The molecule has 0 radical (unpaired) electrons. The Balaban J connectivity index is 2.49. The summed E-state index contributed by atoms with van der Waals surface area (Å²) in [6.45, 7) is 0. The van der Waals surface area contributed by atoms with E-state index < -0.39 is 12.0 Å². The Morgan fingerprint density at radius 2 is 2.00 bits per heavy atom. The van der Waals surface area contributed by atoms with E-state index in [0.29, 0.717) is 4.68 Å². The summed E-state index contributed by atoms with van der Waals surface area (Å²) in [7, 11) is 1.15. The highest BCUT2D eigenvalue weighted by molar-refractivity contribution is 5.55. The van der Waals surface area contributed by atoms with Gasteiger partial charge in [0, 0.05) is 18.8 Å². The molecule has 0 unspecified atom stereocenters. The van der Waals surface area contributed by atoms with Crippen LogP contribution in [0, 0.1) is 0 Å². The lowest BCUT2D eigenvalue weighted by Gasteiger charge is -2.02. The average Bonchev–Trinajstić information content (AvgIpc) is 2.60. The molecule has 2 heterocycles. The molecule has 0 amide bonds. The van der Waals surface area contributed by atoms with E-state index in [1.165, 1.54) is 12.3 Å². The third-order valence-corrected chi connectivity index (χ3v) is 2.00. The third kappa shape index (κ3) is 2.19. The van der Waals surface area contributed by atoms with Gasteiger partial charge in [-0.3, -0.25) is 4.98 Å². The Morgan fingerprint density at radius 3 is 2.53 bits per heavy atom. The highest BCUT2D eigenvalue weighted by Crippen LogP contribution is 2.29. The fraction of sp³-hybridized carbons (Fsp3) is 0.222. The van der Waals surface area contributed by atoms with Crippen molar-refractivity contribution in [2.75, 3.05) is 0 Å². The summed E-state index contributed by atoms with van der Waals surface area (Å²) in [6, 6.07) is 1.24. The van der Waals surface area contributed by atoms with Crippen LogP contribution in [0.25, 0.3) is 11.4 Å². The van der Waals surface area contributed by atoms with Gasteiger partial charge in [-0.2, -0.15) is 18.3 Å². The maximum absolute atomic E-state index is 12.5. The summed E-state index contributed by atoms with van der Waals surface area (Å²) in [5.74, 6) is -1.40. The number of nitrogens with zero attached hydrogens (tertiary/aromatic N) is 4. The van der Waals surface area contributed by atoms with Crippen LogP contribution in [-0.4, -0.2) is 24.9 Å². The molecule has 2 aromatic heterocycles. The predicted molar refractivity (Wildman–Crippen MR) is 50.9 cm³/mol. The summed E-state index contributed by atoms with van der Waals surface area (Å²) in [4.78, 5) is 7.01. The first-order valence-corrected chi connectivity index (χ1v) is 4.50. The second-order valence-electron chi connectivity index (χ2n) is 3.31. The SMILES string of the molecule is Cn1nc(-c2cncc(O)c2)nc1C(F)(F)F. The molecule has 17 heavy (non-hydrogen) atoms. The molecule has 0 aliphatic carbocycles. The zero-order chi connectivity index (χ0) is 12.6. The zero-order valence-electron chi connectivity index (χ0n) is 8.60. The van der Waals surface area contributed by atoms with Crippen LogP contribution >= 0.6 is 0 Å². The maximum atomic E-state index is 12.5. The summed E-state index contributed by atoms with van der Waals surface area (Å²) < 4.78 is 38.0. The standard InChI is InChI=1S/C9H7F3N4O/c1-16-8(9(10,11)12)14-7(15-16)5-2-6(17)4-13-3-5/h2-4,17H,1H3. The van der Waals surface area contributed by atoms with E-state index in [1.807, 2.05) is 0 Å². The summed E-state index contributed by atoms with van der Waals surface area (Å²) in [6.07, 6.45) is -2.13. The van der Waals surface area contributed by atoms with E-state index in [4.69, 9.17) is 5.11 Å². The minimum atomic E-state index is -4.57. The number of aryl methyl sites for hydroxylation is 1. The van der Waals surface area contributed by atoms with Gasteiger partial charge in [-0.05, 0) is 6.07 Å². The largest absolute Gasteiger partial charge is 0.506 e. The molecule has 2 aromatic rings. The molecule has 5 nitrogen and oxygen atoms in total. The smallest absolute Gasteiger partial charge is 0.451 e. The normalized spacial score (nSPS) is 11.8. The average molecular weight is 244 g/mol. The van der Waals surface area contributed by atoms with Gasteiger partial charge in [0.1, 0.15) is 5.75 Å². The van der Waals surface area contributed by atoms with E-state index in [0.717, 1.165) is 13.2 Å². The van der Waals surface area contributed by atoms with Gasteiger partial charge in [-0.25, -0.2) is 9.67 Å². The number of aromatic nitrogens is 4. The number of aromatic hydroxyl groups is 1. The van der Waals surface area contributed by atoms with Gasteiger partial charge in [0.15, 0.2) is 5.82 Å². The molecule has 0 spiro atoms. The van der Waals surface area contributed by atoms with E-state index in [-0.39, 0.29) is 17.1 Å². The van der Waals surface area contributed by atoms with Gasteiger partial charge in [0.2, 0.25) is 5.82 Å². The molecule has 0 saturated carbocycles. The monoisotopic (exact) mass is 244 g/mol. The Labute approximate surface area is 93.6 Å².